The molecule has 8 heteroatoms. The van der Waals surface area contributed by atoms with Gasteiger partial charge in [-0.15, -0.1) is 0 Å². The summed E-state index contributed by atoms with van der Waals surface area (Å²) in [5.41, 5.74) is 0. The average Bonchev–Trinajstić information content (AvgIpc) is 3.05. The number of likely N-dealkylation sites (tertiary alicyclic amines) is 1. The van der Waals surface area contributed by atoms with Crippen LogP contribution in [0.1, 0.15) is 12.8 Å². The summed E-state index contributed by atoms with van der Waals surface area (Å²) in [7, 11) is 0. The molecular formula is C11H13ClN6O. The van der Waals surface area contributed by atoms with E-state index in [4.69, 9.17) is 11.6 Å². The van der Waals surface area contributed by atoms with Crippen LogP contribution >= 0.6 is 11.6 Å². The number of carbonyl (C=O) groups is 1. The van der Waals surface area contributed by atoms with E-state index >= 15 is 0 Å². The molecule has 3 rings (SSSR count). The van der Waals surface area contributed by atoms with Crippen molar-refractivity contribution < 1.29 is 4.79 Å². The number of aromatic nitrogens is 4. The number of nitrogens with zero attached hydrogens (tertiary/aromatic N) is 5. The summed E-state index contributed by atoms with van der Waals surface area (Å²) in [5, 5.41) is 7.38. The van der Waals surface area contributed by atoms with Crippen LogP contribution in [0.25, 0.3) is 5.78 Å². The summed E-state index contributed by atoms with van der Waals surface area (Å²) in [6, 6.07) is 1.63. The molecule has 0 bridgehead atoms. The number of halogens is 1. The van der Waals surface area contributed by atoms with E-state index in [0.29, 0.717) is 16.7 Å². The first-order chi connectivity index (χ1) is 9.24. The van der Waals surface area contributed by atoms with Gasteiger partial charge in [-0.25, -0.2) is 0 Å². The summed E-state index contributed by atoms with van der Waals surface area (Å²) >= 11 is 5.90. The molecule has 1 aliphatic rings. The summed E-state index contributed by atoms with van der Waals surface area (Å²) < 4.78 is 1.52. The maximum atomic E-state index is 11.9. The Labute approximate surface area is 114 Å². The first-order valence-corrected chi connectivity index (χ1v) is 6.50. The zero-order valence-corrected chi connectivity index (χ0v) is 11.0. The van der Waals surface area contributed by atoms with E-state index in [0.717, 1.165) is 25.9 Å². The second kappa shape index (κ2) is 5.00. The predicted octanol–water partition coefficient (Wildman–Crippen LogP) is 0.812. The van der Waals surface area contributed by atoms with Crippen LogP contribution in [-0.2, 0) is 4.79 Å². The van der Waals surface area contributed by atoms with Crippen LogP contribution in [0, 0.1) is 0 Å². The molecule has 2 aromatic rings. The molecule has 7 nitrogen and oxygen atoms in total. The molecule has 1 saturated heterocycles. The van der Waals surface area contributed by atoms with Gasteiger partial charge in [-0.2, -0.15) is 19.6 Å². The molecule has 0 spiro atoms. The van der Waals surface area contributed by atoms with Gasteiger partial charge in [-0.05, 0) is 12.8 Å². The van der Waals surface area contributed by atoms with Crippen molar-refractivity contribution in [1.82, 2.24) is 24.5 Å². The molecule has 0 unspecified atom stereocenters. The van der Waals surface area contributed by atoms with Crippen molar-refractivity contribution in [3.8, 4) is 0 Å². The van der Waals surface area contributed by atoms with Crippen LogP contribution in [0.2, 0.25) is 5.15 Å². The molecule has 0 aliphatic carbocycles. The average molecular weight is 281 g/mol. The second-order valence-electron chi connectivity index (χ2n) is 4.38. The normalized spacial score (nSPS) is 15.1. The van der Waals surface area contributed by atoms with Gasteiger partial charge >= 0.3 is 0 Å². The van der Waals surface area contributed by atoms with E-state index < -0.39 is 0 Å². The SMILES string of the molecule is O=C(CNc1cc(Cl)nc2ncnn12)N1CCCC1. The Morgan fingerprint density at radius 1 is 1.42 bits per heavy atom. The zero-order valence-electron chi connectivity index (χ0n) is 10.2. The smallest absolute Gasteiger partial charge is 0.255 e. The Morgan fingerprint density at radius 3 is 3.00 bits per heavy atom. The third-order valence-electron chi connectivity index (χ3n) is 3.10. The summed E-state index contributed by atoms with van der Waals surface area (Å²) in [4.78, 5) is 21.8. The maximum Gasteiger partial charge on any atom is 0.255 e. The molecule has 1 aliphatic heterocycles. The van der Waals surface area contributed by atoms with Crippen molar-refractivity contribution in [1.29, 1.82) is 0 Å². The molecule has 3 heterocycles. The predicted molar refractivity (Wildman–Crippen MR) is 70.1 cm³/mol. The van der Waals surface area contributed by atoms with Crippen LogP contribution in [0.4, 0.5) is 5.82 Å². The number of hydrogen-bond acceptors (Lipinski definition) is 5. The highest BCUT2D eigenvalue weighted by Gasteiger charge is 2.17. The van der Waals surface area contributed by atoms with Crippen molar-refractivity contribution in [2.45, 2.75) is 12.8 Å². The molecule has 2 aromatic heterocycles. The van der Waals surface area contributed by atoms with Gasteiger partial charge in [-0.3, -0.25) is 4.79 Å². The quantitative estimate of drug-likeness (QED) is 0.842. The summed E-state index contributed by atoms with van der Waals surface area (Å²) in [6.07, 6.45) is 3.56. The Kier molecular flexibility index (Phi) is 3.20. The molecule has 1 fully saturated rings. The standard InChI is InChI=1S/C11H13ClN6O/c12-8-5-9(18-11(16-8)14-7-15-18)13-6-10(19)17-3-1-2-4-17/h5,7,13H,1-4,6H2. The lowest BCUT2D eigenvalue weighted by Crippen LogP contribution is -2.33. The van der Waals surface area contributed by atoms with E-state index in [1.807, 2.05) is 4.90 Å². The first-order valence-electron chi connectivity index (χ1n) is 6.12. The fourth-order valence-corrected chi connectivity index (χ4v) is 2.33. The van der Waals surface area contributed by atoms with Crippen LogP contribution in [0.15, 0.2) is 12.4 Å². The van der Waals surface area contributed by atoms with E-state index in [1.165, 1.54) is 10.8 Å². The fourth-order valence-electron chi connectivity index (χ4n) is 2.15. The lowest BCUT2D eigenvalue weighted by molar-refractivity contribution is -0.128. The van der Waals surface area contributed by atoms with Gasteiger partial charge in [0, 0.05) is 19.2 Å². The van der Waals surface area contributed by atoms with Crippen molar-refractivity contribution in [3.05, 3.63) is 17.5 Å². The van der Waals surface area contributed by atoms with Gasteiger partial charge in [0.05, 0.1) is 6.54 Å². The lowest BCUT2D eigenvalue weighted by atomic mass is 10.4. The van der Waals surface area contributed by atoms with Gasteiger partial charge < -0.3 is 10.2 Å². The Hall–Kier alpha value is -1.89. The maximum absolute atomic E-state index is 11.9. The number of nitrogens with one attached hydrogen (secondary N) is 1. The van der Waals surface area contributed by atoms with Gasteiger partial charge in [0.2, 0.25) is 5.91 Å². The van der Waals surface area contributed by atoms with Crippen molar-refractivity contribution in [3.63, 3.8) is 0 Å². The van der Waals surface area contributed by atoms with E-state index in [-0.39, 0.29) is 12.5 Å². The van der Waals surface area contributed by atoms with E-state index in [9.17, 15) is 4.79 Å². The third kappa shape index (κ3) is 2.46. The molecule has 0 aromatic carbocycles. The van der Waals surface area contributed by atoms with Crippen LogP contribution in [0.3, 0.4) is 0 Å². The Morgan fingerprint density at radius 2 is 2.21 bits per heavy atom. The number of amides is 1. The van der Waals surface area contributed by atoms with Crippen LogP contribution in [-0.4, -0.2) is 50.0 Å². The van der Waals surface area contributed by atoms with Crippen LogP contribution in [0.5, 0.6) is 0 Å². The topological polar surface area (TPSA) is 75.4 Å². The number of hydrogen-bond donors (Lipinski definition) is 1. The van der Waals surface area contributed by atoms with Gasteiger partial charge in [0.25, 0.3) is 5.78 Å². The largest absolute Gasteiger partial charge is 0.361 e. The van der Waals surface area contributed by atoms with E-state index in [1.54, 1.807) is 6.07 Å². The number of rotatable bonds is 3. The molecule has 100 valence electrons. The van der Waals surface area contributed by atoms with Gasteiger partial charge in [-0.1, -0.05) is 11.6 Å². The van der Waals surface area contributed by atoms with Crippen LogP contribution < -0.4 is 5.32 Å². The molecule has 1 N–H and O–H groups in total. The monoisotopic (exact) mass is 280 g/mol. The first kappa shape index (κ1) is 12.2. The summed E-state index contributed by atoms with van der Waals surface area (Å²) in [5.74, 6) is 1.10. The molecule has 0 radical (unpaired) electrons. The minimum absolute atomic E-state index is 0.0821. The second-order valence-corrected chi connectivity index (χ2v) is 4.76. The third-order valence-corrected chi connectivity index (χ3v) is 3.29. The Bertz CT molecular complexity index is 606. The number of carbonyl (C=O) groups excluding carboxylic acids is 1. The highest BCUT2D eigenvalue weighted by atomic mass is 35.5. The van der Waals surface area contributed by atoms with E-state index in [2.05, 4.69) is 20.4 Å². The molecular weight excluding hydrogens is 268 g/mol. The molecule has 1 amide bonds. The van der Waals surface area contributed by atoms with Crippen molar-refractivity contribution in [2.24, 2.45) is 0 Å². The minimum atomic E-state index is 0.0821. The number of fused-ring (bicyclic) bond motifs is 1. The molecule has 0 saturated carbocycles. The van der Waals surface area contributed by atoms with Gasteiger partial charge in [0.15, 0.2) is 0 Å². The van der Waals surface area contributed by atoms with Crippen molar-refractivity contribution >= 4 is 29.1 Å². The number of anilines is 1. The highest BCUT2D eigenvalue weighted by Crippen LogP contribution is 2.14. The lowest BCUT2D eigenvalue weighted by Gasteiger charge is -2.16. The van der Waals surface area contributed by atoms with Crippen molar-refractivity contribution in [2.75, 3.05) is 25.0 Å². The summed E-state index contributed by atoms with van der Waals surface area (Å²) in [6.45, 7) is 1.90. The highest BCUT2D eigenvalue weighted by molar-refractivity contribution is 6.29. The molecule has 19 heavy (non-hydrogen) atoms. The fraction of sp³-hybridized carbons (Fsp3) is 0.455. The van der Waals surface area contributed by atoms with Gasteiger partial charge in [0.1, 0.15) is 17.3 Å². The minimum Gasteiger partial charge on any atom is -0.361 e. The zero-order chi connectivity index (χ0) is 13.2. The molecule has 0 atom stereocenters. The Balaban J connectivity index is 1.74.